The van der Waals surface area contributed by atoms with Crippen LogP contribution in [0.25, 0.3) is 5.57 Å². The van der Waals surface area contributed by atoms with Crippen molar-refractivity contribution in [2.75, 3.05) is 18.8 Å². The van der Waals surface area contributed by atoms with Crippen molar-refractivity contribution in [2.24, 2.45) is 10.9 Å². The van der Waals surface area contributed by atoms with Gasteiger partial charge in [-0.3, -0.25) is 19.4 Å². The van der Waals surface area contributed by atoms with E-state index in [0.29, 0.717) is 17.5 Å². The summed E-state index contributed by atoms with van der Waals surface area (Å²) in [4.78, 5) is 18.2. The highest BCUT2D eigenvalue weighted by Gasteiger charge is 2.25. The molecule has 2 aliphatic rings. The molecule has 50 heavy (non-hydrogen) atoms. The lowest BCUT2D eigenvalue weighted by atomic mass is 9.96. The van der Waals surface area contributed by atoms with Crippen LogP contribution in [0, 0.1) is 18.7 Å². The van der Waals surface area contributed by atoms with Crippen molar-refractivity contribution >= 4 is 29.0 Å². The van der Waals surface area contributed by atoms with E-state index in [4.69, 9.17) is 0 Å². The number of ketones is 1. The van der Waals surface area contributed by atoms with Crippen LogP contribution in [0.2, 0.25) is 0 Å². The Balaban J connectivity index is 0. The van der Waals surface area contributed by atoms with Gasteiger partial charge in [0.2, 0.25) is 0 Å². The molecule has 1 aliphatic carbocycles. The molecule has 0 amide bonds. The van der Waals surface area contributed by atoms with Crippen LogP contribution in [0.5, 0.6) is 0 Å². The van der Waals surface area contributed by atoms with Gasteiger partial charge in [0, 0.05) is 28.8 Å². The molecule has 1 aliphatic heterocycles. The van der Waals surface area contributed by atoms with E-state index in [1.165, 1.54) is 50.8 Å². The molecule has 4 nitrogen and oxygen atoms in total. The smallest absolute Gasteiger partial charge is 0.147 e. The maximum atomic E-state index is 13.6. The quantitative estimate of drug-likeness (QED) is 0.126. The molecular weight excluding hydrogens is 638 g/mol. The predicted molar refractivity (Wildman–Crippen MR) is 226 cm³/mol. The van der Waals surface area contributed by atoms with Gasteiger partial charge in [-0.05, 0) is 128 Å². The Morgan fingerprint density at radius 2 is 1.70 bits per heavy atom. The molecule has 0 radical (unpaired) electrons. The van der Waals surface area contributed by atoms with Gasteiger partial charge in [-0.25, -0.2) is 4.39 Å². The number of aryl methyl sites for hydroxylation is 1. The molecule has 6 heteroatoms. The fraction of sp³-hybridized carbons (Fsp3) is 0.636. The fourth-order valence-corrected chi connectivity index (χ4v) is 5.42. The van der Waals surface area contributed by atoms with Crippen molar-refractivity contribution in [3.63, 3.8) is 0 Å². The van der Waals surface area contributed by atoms with Crippen LogP contribution in [-0.2, 0) is 4.79 Å². The lowest BCUT2D eigenvalue weighted by Gasteiger charge is -2.40. The number of Topliss-reactive ketones (excluding diaryl/α,β-unsaturated/α-hetero) is 1. The number of hydrogen-bond acceptors (Lipinski definition) is 5. The monoisotopic (exact) mass is 714 g/mol. The molecule has 0 saturated carbocycles. The first-order valence-corrected chi connectivity index (χ1v) is 20.3. The molecule has 286 valence electrons. The summed E-state index contributed by atoms with van der Waals surface area (Å²) >= 11 is 1.60. The van der Waals surface area contributed by atoms with Crippen LogP contribution in [0.4, 0.5) is 4.39 Å². The van der Waals surface area contributed by atoms with Crippen LogP contribution in [-0.4, -0.2) is 46.8 Å². The van der Waals surface area contributed by atoms with Gasteiger partial charge in [-0.1, -0.05) is 110 Å². The Hall–Kier alpha value is -2.28. The SMILES string of the molecule is C=CCC(NSCC1=CCCC=C1)C(C)=O.CC.CCC(C)(C)N1CCCCC1.CCC(C)=N/C=C(\C)c1ccc(C)cc1F.CCC(C)C. The third kappa shape index (κ3) is 24.0. The molecule has 1 aromatic rings. The topological polar surface area (TPSA) is 44.7 Å². The van der Waals surface area contributed by atoms with E-state index in [0.717, 1.165) is 47.8 Å². The number of hydrogen-bond donors (Lipinski definition) is 1. The molecule has 3 rings (SSSR count). The number of halogens is 1. The zero-order valence-electron chi connectivity index (χ0n) is 34.6. The summed E-state index contributed by atoms with van der Waals surface area (Å²) in [7, 11) is 0. The molecule has 1 N–H and O–H groups in total. The molecule has 1 aromatic carbocycles. The zero-order chi connectivity index (χ0) is 38.5. The van der Waals surface area contributed by atoms with Crippen LogP contribution >= 0.6 is 11.9 Å². The number of piperidine rings is 1. The van der Waals surface area contributed by atoms with E-state index in [9.17, 15) is 9.18 Å². The Kier molecular flexibility index (Phi) is 30.3. The number of rotatable bonds is 13. The molecule has 1 heterocycles. The summed E-state index contributed by atoms with van der Waals surface area (Å²) in [6, 6.07) is 5.15. The highest BCUT2D eigenvalue weighted by atomic mass is 32.2. The Morgan fingerprint density at radius 1 is 1.08 bits per heavy atom. The van der Waals surface area contributed by atoms with E-state index in [2.05, 4.69) is 87.9 Å². The maximum absolute atomic E-state index is 13.6. The van der Waals surface area contributed by atoms with E-state index < -0.39 is 0 Å². The van der Waals surface area contributed by atoms with Gasteiger partial charge in [-0.15, -0.1) is 6.58 Å². The van der Waals surface area contributed by atoms with Gasteiger partial charge in [0.1, 0.15) is 11.6 Å². The molecule has 0 bridgehead atoms. The predicted octanol–water partition coefficient (Wildman–Crippen LogP) is 13.1. The van der Waals surface area contributed by atoms with Gasteiger partial charge < -0.3 is 0 Å². The third-order valence-corrected chi connectivity index (χ3v) is 9.79. The summed E-state index contributed by atoms with van der Waals surface area (Å²) in [5.41, 5.74) is 5.24. The maximum Gasteiger partial charge on any atom is 0.147 e. The number of likely N-dealkylation sites (tertiary alicyclic amines) is 1. The number of nitrogens with one attached hydrogen (secondary N) is 1. The van der Waals surface area contributed by atoms with Crippen LogP contribution in [0.1, 0.15) is 152 Å². The second-order valence-electron chi connectivity index (χ2n) is 13.9. The van der Waals surface area contributed by atoms with Gasteiger partial charge in [0.05, 0.1) is 6.04 Å². The number of carbonyl (C=O) groups excluding carboxylic acids is 1. The average molecular weight is 714 g/mol. The van der Waals surface area contributed by atoms with Crippen LogP contribution in [0.15, 0.2) is 65.8 Å². The largest absolute Gasteiger partial charge is 0.298 e. The average Bonchev–Trinajstić information content (AvgIpc) is 3.12. The molecular formula is C44H76FN3OS. The first kappa shape index (κ1) is 49.8. The standard InChI is InChI=1S/C14H18FN.C13H19NOS.C10H21N.C5H12.C2H6/c1-5-12(4)16-9-11(3)13-7-6-10(2)8-14(13)15;1-3-7-13(11(2)15)14-16-10-12-8-5-4-6-9-12;1-4-10(2,3)11-8-6-5-7-9-11;1-4-5(2)3;1-2/h6-9H,5H2,1-4H3;3,5,8-9,13-14H,1,4,6-7,10H2,2H3;4-9H2,1-3H3;5H,4H2,1-3H3;1-2H3/b11-9+,16-12?;;;;. The van der Waals surface area contributed by atoms with Crippen molar-refractivity contribution < 1.29 is 9.18 Å². The number of benzene rings is 1. The summed E-state index contributed by atoms with van der Waals surface area (Å²) < 4.78 is 16.8. The highest BCUT2D eigenvalue weighted by molar-refractivity contribution is 7.97. The number of allylic oxidation sites excluding steroid dienone is 4. The van der Waals surface area contributed by atoms with Gasteiger partial charge in [0.15, 0.2) is 0 Å². The molecule has 0 aromatic heterocycles. The fourth-order valence-electron chi connectivity index (χ4n) is 4.49. The van der Waals surface area contributed by atoms with Crippen molar-refractivity contribution in [3.05, 3.63) is 77.8 Å². The first-order chi connectivity index (χ1) is 23.7. The minimum absolute atomic E-state index is 0.101. The van der Waals surface area contributed by atoms with Crippen molar-refractivity contribution in [3.8, 4) is 0 Å². The molecule has 1 fully saturated rings. The lowest BCUT2D eigenvalue weighted by Crippen LogP contribution is -2.46. The normalized spacial score (nSPS) is 15.5. The van der Waals surface area contributed by atoms with E-state index >= 15 is 0 Å². The minimum Gasteiger partial charge on any atom is -0.298 e. The molecule has 0 spiro atoms. The summed E-state index contributed by atoms with van der Waals surface area (Å²) in [6.07, 6.45) is 20.8. The van der Waals surface area contributed by atoms with E-state index in [1.54, 1.807) is 43.3 Å². The Labute approximate surface area is 313 Å². The van der Waals surface area contributed by atoms with Gasteiger partial charge in [0.25, 0.3) is 0 Å². The third-order valence-electron chi connectivity index (χ3n) is 8.86. The van der Waals surface area contributed by atoms with E-state index in [1.807, 2.05) is 40.7 Å². The Bertz CT molecular complexity index is 1180. The minimum atomic E-state index is -0.182. The summed E-state index contributed by atoms with van der Waals surface area (Å²) in [5, 5.41) is 0. The van der Waals surface area contributed by atoms with E-state index in [-0.39, 0.29) is 17.6 Å². The first-order valence-electron chi connectivity index (χ1n) is 19.3. The second kappa shape index (κ2) is 30.4. The Morgan fingerprint density at radius 3 is 2.16 bits per heavy atom. The van der Waals surface area contributed by atoms with Crippen molar-refractivity contribution in [1.82, 2.24) is 9.62 Å². The summed E-state index contributed by atoms with van der Waals surface area (Å²) in [6.45, 7) is 33.3. The highest BCUT2D eigenvalue weighted by Crippen LogP contribution is 2.23. The number of aliphatic imine (C=N–C) groups is 1. The molecule has 1 unspecified atom stereocenters. The zero-order valence-corrected chi connectivity index (χ0v) is 35.4. The summed E-state index contributed by atoms with van der Waals surface area (Å²) in [5.74, 6) is 1.78. The lowest BCUT2D eigenvalue weighted by molar-refractivity contribution is -0.118. The second-order valence-corrected chi connectivity index (χ2v) is 14.7. The number of nitrogens with zero attached hydrogens (tertiary/aromatic N) is 2. The van der Waals surface area contributed by atoms with Crippen LogP contribution in [0.3, 0.4) is 0 Å². The van der Waals surface area contributed by atoms with Crippen molar-refractivity contribution in [1.29, 1.82) is 0 Å². The van der Waals surface area contributed by atoms with Crippen molar-refractivity contribution in [2.45, 2.75) is 159 Å². The van der Waals surface area contributed by atoms with Gasteiger partial charge >= 0.3 is 0 Å². The van der Waals surface area contributed by atoms with Crippen LogP contribution < -0.4 is 4.72 Å². The number of carbonyl (C=O) groups is 1. The molecule has 1 atom stereocenters. The van der Waals surface area contributed by atoms with Gasteiger partial charge in [-0.2, -0.15) is 0 Å². The molecule has 1 saturated heterocycles.